The molecule has 2 heterocycles. The molecule has 140 valence electrons. The third-order valence-corrected chi connectivity index (χ3v) is 5.09. The van der Waals surface area contributed by atoms with E-state index in [-0.39, 0.29) is 11.7 Å². The number of nitrogens with one attached hydrogen (secondary N) is 1. The van der Waals surface area contributed by atoms with Crippen molar-refractivity contribution in [3.63, 3.8) is 0 Å². The monoisotopic (exact) mass is 382 g/mol. The molecular formula is C20H22N4O2S. The lowest BCUT2D eigenvalue weighted by molar-refractivity contribution is -0.113. The highest BCUT2D eigenvalue weighted by atomic mass is 32.2. The van der Waals surface area contributed by atoms with Crippen molar-refractivity contribution in [2.45, 2.75) is 32.5 Å². The molecule has 1 amide bonds. The average Bonchev–Trinajstić information content (AvgIpc) is 3.22. The lowest BCUT2D eigenvalue weighted by atomic mass is 10.1. The first-order chi connectivity index (χ1) is 13.0. The highest BCUT2D eigenvalue weighted by Crippen LogP contribution is 2.27. The van der Waals surface area contributed by atoms with Crippen LogP contribution >= 0.6 is 11.8 Å². The summed E-state index contributed by atoms with van der Waals surface area (Å²) >= 11 is 1.35. The number of hydrogen-bond acceptors (Lipinski definition) is 5. The van der Waals surface area contributed by atoms with Gasteiger partial charge in [-0.25, -0.2) is 0 Å². The largest absolute Gasteiger partial charge is 0.469 e. The summed E-state index contributed by atoms with van der Waals surface area (Å²) in [7, 11) is 0. The van der Waals surface area contributed by atoms with Gasteiger partial charge in [0.1, 0.15) is 5.76 Å². The lowest BCUT2D eigenvalue weighted by Gasteiger charge is -2.10. The Kier molecular flexibility index (Phi) is 5.81. The molecule has 0 saturated carbocycles. The first kappa shape index (κ1) is 19.0. The number of allylic oxidation sites excluding steroid dienone is 1. The Balaban J connectivity index is 1.73. The fourth-order valence-corrected chi connectivity index (χ4v) is 3.44. The molecule has 0 atom stereocenters. The van der Waals surface area contributed by atoms with Crippen molar-refractivity contribution >= 4 is 23.4 Å². The zero-order valence-corrected chi connectivity index (χ0v) is 16.5. The van der Waals surface area contributed by atoms with Gasteiger partial charge >= 0.3 is 0 Å². The van der Waals surface area contributed by atoms with E-state index in [2.05, 4.69) is 22.1 Å². The highest BCUT2D eigenvalue weighted by Gasteiger charge is 2.17. The number of thioether (sulfide) groups is 1. The van der Waals surface area contributed by atoms with Gasteiger partial charge in [0.15, 0.2) is 11.0 Å². The van der Waals surface area contributed by atoms with Gasteiger partial charge in [0.25, 0.3) is 0 Å². The van der Waals surface area contributed by atoms with Gasteiger partial charge in [0.2, 0.25) is 5.91 Å². The average molecular weight is 382 g/mol. The van der Waals surface area contributed by atoms with Crippen LogP contribution in [0, 0.1) is 20.8 Å². The van der Waals surface area contributed by atoms with Crippen LogP contribution < -0.4 is 5.32 Å². The minimum Gasteiger partial charge on any atom is -0.469 e. The van der Waals surface area contributed by atoms with Gasteiger partial charge in [0.05, 0.1) is 17.6 Å². The number of carbonyl (C=O) groups is 1. The van der Waals surface area contributed by atoms with E-state index >= 15 is 0 Å². The van der Waals surface area contributed by atoms with Crippen molar-refractivity contribution < 1.29 is 9.21 Å². The molecule has 0 saturated heterocycles. The zero-order chi connectivity index (χ0) is 19.4. The van der Waals surface area contributed by atoms with E-state index in [1.807, 2.05) is 49.6 Å². The van der Waals surface area contributed by atoms with E-state index < -0.39 is 0 Å². The summed E-state index contributed by atoms with van der Waals surface area (Å²) in [4.78, 5) is 12.4. The third kappa shape index (κ3) is 4.31. The molecule has 0 aliphatic heterocycles. The molecular weight excluding hydrogens is 360 g/mol. The Hall–Kier alpha value is -2.80. The molecule has 3 aromatic rings. The normalized spacial score (nSPS) is 10.8. The van der Waals surface area contributed by atoms with Gasteiger partial charge in [-0.15, -0.1) is 16.8 Å². The van der Waals surface area contributed by atoms with E-state index in [1.165, 1.54) is 11.8 Å². The molecule has 27 heavy (non-hydrogen) atoms. The molecule has 0 bridgehead atoms. The molecule has 1 N–H and O–H groups in total. The van der Waals surface area contributed by atoms with Crippen LogP contribution in [0.4, 0.5) is 5.69 Å². The van der Waals surface area contributed by atoms with E-state index in [1.54, 1.807) is 12.3 Å². The molecule has 0 aliphatic carbocycles. The second-order valence-corrected chi connectivity index (χ2v) is 7.19. The molecule has 0 spiro atoms. The van der Waals surface area contributed by atoms with Gasteiger partial charge in [-0.1, -0.05) is 30.0 Å². The maximum atomic E-state index is 12.4. The maximum Gasteiger partial charge on any atom is 0.234 e. The van der Waals surface area contributed by atoms with E-state index in [0.717, 1.165) is 28.1 Å². The minimum absolute atomic E-state index is 0.0807. The number of benzene rings is 1. The molecule has 0 unspecified atom stereocenters. The van der Waals surface area contributed by atoms with Gasteiger partial charge in [-0.2, -0.15) is 0 Å². The zero-order valence-electron chi connectivity index (χ0n) is 15.7. The van der Waals surface area contributed by atoms with Gasteiger partial charge in [-0.3, -0.25) is 9.36 Å². The van der Waals surface area contributed by atoms with Crippen molar-refractivity contribution in [1.29, 1.82) is 0 Å². The van der Waals surface area contributed by atoms with Crippen molar-refractivity contribution in [2.24, 2.45) is 0 Å². The van der Waals surface area contributed by atoms with Crippen LogP contribution in [-0.2, 0) is 11.3 Å². The SMILES string of the molecule is C=CCn1c(SCC(=O)Nc2cc(C)ccc2C)nnc1-c1ccoc1C. The van der Waals surface area contributed by atoms with Crippen molar-refractivity contribution in [2.75, 3.05) is 11.1 Å². The van der Waals surface area contributed by atoms with Gasteiger partial charge < -0.3 is 9.73 Å². The number of aryl methyl sites for hydroxylation is 3. The molecule has 3 rings (SSSR count). The van der Waals surface area contributed by atoms with Crippen LogP contribution in [0.25, 0.3) is 11.4 Å². The first-order valence-electron chi connectivity index (χ1n) is 8.58. The number of aromatic nitrogens is 3. The second kappa shape index (κ2) is 8.26. The van der Waals surface area contributed by atoms with Crippen LogP contribution in [0.1, 0.15) is 16.9 Å². The molecule has 6 nitrogen and oxygen atoms in total. The summed E-state index contributed by atoms with van der Waals surface area (Å²) < 4.78 is 7.30. The van der Waals surface area contributed by atoms with Crippen LogP contribution in [0.3, 0.4) is 0 Å². The van der Waals surface area contributed by atoms with Crippen LogP contribution in [0.5, 0.6) is 0 Å². The van der Waals surface area contributed by atoms with Crippen LogP contribution in [-0.4, -0.2) is 26.4 Å². The fourth-order valence-electron chi connectivity index (χ4n) is 2.69. The number of amides is 1. The smallest absolute Gasteiger partial charge is 0.234 e. The van der Waals surface area contributed by atoms with Crippen molar-refractivity contribution in [3.8, 4) is 11.4 Å². The lowest BCUT2D eigenvalue weighted by Crippen LogP contribution is -2.15. The Morgan fingerprint density at radius 1 is 1.30 bits per heavy atom. The van der Waals surface area contributed by atoms with Crippen LogP contribution in [0.2, 0.25) is 0 Å². The Labute approximate surface area is 162 Å². The number of nitrogens with zero attached hydrogens (tertiary/aromatic N) is 3. The standard InChI is InChI=1S/C20H22N4O2S/c1-5-9-24-19(16-8-10-26-15(16)4)22-23-20(24)27-12-18(25)21-17-11-13(2)6-7-14(17)3/h5-8,10-11H,1,9,12H2,2-4H3,(H,21,25). The molecule has 0 radical (unpaired) electrons. The summed E-state index contributed by atoms with van der Waals surface area (Å²) in [5.41, 5.74) is 3.86. The van der Waals surface area contributed by atoms with Gasteiger partial charge in [0, 0.05) is 12.2 Å². The number of furan rings is 1. The quantitative estimate of drug-likeness (QED) is 0.485. The predicted octanol–water partition coefficient (Wildman–Crippen LogP) is 4.38. The number of anilines is 1. The molecule has 1 aromatic carbocycles. The summed E-state index contributed by atoms with van der Waals surface area (Å²) in [6.45, 7) is 10.2. The highest BCUT2D eigenvalue weighted by molar-refractivity contribution is 7.99. The number of hydrogen-bond donors (Lipinski definition) is 1. The Morgan fingerprint density at radius 3 is 2.81 bits per heavy atom. The molecule has 0 fully saturated rings. The van der Waals surface area contributed by atoms with E-state index in [0.29, 0.717) is 17.5 Å². The molecule has 2 aromatic heterocycles. The topological polar surface area (TPSA) is 73.0 Å². The summed E-state index contributed by atoms with van der Waals surface area (Å²) in [5, 5.41) is 12.2. The van der Waals surface area contributed by atoms with Gasteiger partial charge in [-0.05, 0) is 44.0 Å². The Morgan fingerprint density at radius 2 is 2.11 bits per heavy atom. The maximum absolute atomic E-state index is 12.4. The third-order valence-electron chi connectivity index (χ3n) is 4.13. The number of carbonyl (C=O) groups excluding carboxylic acids is 1. The van der Waals surface area contributed by atoms with Crippen LogP contribution in [0.15, 0.2) is 52.8 Å². The van der Waals surface area contributed by atoms with Crippen molar-refractivity contribution in [3.05, 3.63) is 60.1 Å². The number of rotatable bonds is 7. The Bertz CT molecular complexity index is 974. The van der Waals surface area contributed by atoms with Crippen molar-refractivity contribution in [1.82, 2.24) is 14.8 Å². The fraction of sp³-hybridized carbons (Fsp3) is 0.250. The van der Waals surface area contributed by atoms with E-state index in [9.17, 15) is 4.79 Å². The summed E-state index contributed by atoms with van der Waals surface area (Å²) in [5.74, 6) is 1.64. The molecule has 7 heteroatoms. The predicted molar refractivity (Wildman–Crippen MR) is 108 cm³/mol. The summed E-state index contributed by atoms with van der Waals surface area (Å²) in [6, 6.07) is 7.85. The minimum atomic E-state index is -0.0807. The second-order valence-electron chi connectivity index (χ2n) is 6.25. The molecule has 0 aliphatic rings. The summed E-state index contributed by atoms with van der Waals surface area (Å²) in [6.07, 6.45) is 3.41. The van der Waals surface area contributed by atoms with E-state index in [4.69, 9.17) is 4.42 Å². The first-order valence-corrected chi connectivity index (χ1v) is 9.56.